The second-order valence-corrected chi connectivity index (χ2v) is 6.21. The second-order valence-electron chi connectivity index (χ2n) is 5.29. The Kier molecular flexibility index (Phi) is 5.26. The summed E-state index contributed by atoms with van der Waals surface area (Å²) in [7, 11) is 0. The predicted molar refractivity (Wildman–Crippen MR) is 103 cm³/mol. The first-order chi connectivity index (χ1) is 12.2. The number of phenolic OH excluding ortho intramolecular Hbond substituents is 1. The van der Waals surface area contributed by atoms with Gasteiger partial charge in [-0.3, -0.25) is 4.99 Å². The van der Waals surface area contributed by atoms with Gasteiger partial charge in [0.25, 0.3) is 0 Å². The number of nitrogens with zero attached hydrogens (tertiary/aromatic N) is 2. The van der Waals surface area contributed by atoms with E-state index in [9.17, 15) is 10.3 Å². The number of halogens is 1. The highest BCUT2D eigenvalue weighted by Crippen LogP contribution is 2.25. The lowest BCUT2D eigenvalue weighted by Gasteiger charge is -2.08. The van der Waals surface area contributed by atoms with Crippen molar-refractivity contribution in [3.63, 3.8) is 0 Å². The number of phenols is 1. The number of rotatable bonds is 4. The third-order valence-electron chi connectivity index (χ3n) is 3.64. The van der Waals surface area contributed by atoms with Crippen LogP contribution in [0.3, 0.4) is 0 Å². The molecule has 0 aliphatic carbocycles. The Labute approximate surface area is 153 Å². The number of aromatic hydroxyl groups is 1. The van der Waals surface area contributed by atoms with Crippen LogP contribution in [-0.4, -0.2) is 22.2 Å². The molecule has 0 saturated carbocycles. The summed E-state index contributed by atoms with van der Waals surface area (Å²) in [4.78, 5) is 4.47. The molecule has 3 rings (SSSR count). The number of oxime groups is 1. The normalized spacial score (nSPS) is 11.8. The Morgan fingerprint density at radius 1 is 0.920 bits per heavy atom. The monoisotopic (exact) mass is 394 g/mol. The summed E-state index contributed by atoms with van der Waals surface area (Å²) in [5.74, 6) is 0.142. The summed E-state index contributed by atoms with van der Waals surface area (Å²) in [6, 6.07) is 21.9. The van der Waals surface area contributed by atoms with Gasteiger partial charge in [0.1, 0.15) is 11.5 Å². The van der Waals surface area contributed by atoms with Crippen molar-refractivity contribution in [3.05, 3.63) is 94.0 Å². The third kappa shape index (κ3) is 3.95. The number of hydrogen-bond acceptors (Lipinski definition) is 4. The zero-order valence-corrected chi connectivity index (χ0v) is 14.8. The molecular weight excluding hydrogens is 380 g/mol. The largest absolute Gasteiger partial charge is 0.507 e. The summed E-state index contributed by atoms with van der Waals surface area (Å²) < 4.78 is 0.849. The van der Waals surface area contributed by atoms with Crippen LogP contribution in [0.4, 0.5) is 5.69 Å². The van der Waals surface area contributed by atoms with Crippen LogP contribution in [0.1, 0.15) is 16.7 Å². The van der Waals surface area contributed by atoms with Crippen molar-refractivity contribution in [2.45, 2.75) is 0 Å². The Hall–Kier alpha value is -2.92. The molecule has 5 heteroatoms. The van der Waals surface area contributed by atoms with Crippen LogP contribution in [0.5, 0.6) is 5.75 Å². The van der Waals surface area contributed by atoms with Gasteiger partial charge in [-0.15, -0.1) is 0 Å². The van der Waals surface area contributed by atoms with Crippen molar-refractivity contribution in [2.24, 2.45) is 10.1 Å². The summed E-state index contributed by atoms with van der Waals surface area (Å²) >= 11 is 3.38. The molecule has 0 bridgehead atoms. The van der Waals surface area contributed by atoms with Gasteiger partial charge in [0, 0.05) is 27.4 Å². The lowest BCUT2D eigenvalue weighted by Crippen LogP contribution is -2.03. The molecule has 0 amide bonds. The van der Waals surface area contributed by atoms with Crippen LogP contribution >= 0.6 is 15.9 Å². The molecule has 25 heavy (non-hydrogen) atoms. The van der Waals surface area contributed by atoms with E-state index in [0.717, 1.165) is 10.0 Å². The molecule has 0 aliphatic rings. The molecule has 0 unspecified atom stereocenters. The Morgan fingerprint density at radius 2 is 1.64 bits per heavy atom. The number of aliphatic imine (C=N–C) groups is 1. The minimum absolute atomic E-state index is 0.142. The van der Waals surface area contributed by atoms with E-state index in [1.165, 1.54) is 0 Å². The van der Waals surface area contributed by atoms with Crippen molar-refractivity contribution in [3.8, 4) is 5.75 Å². The van der Waals surface area contributed by atoms with Gasteiger partial charge in [0.15, 0.2) is 0 Å². The SMILES string of the molecule is ON=C(c1ccccc1)c1ccccc1N=Cc1cc(Br)ccc1O. The molecule has 4 nitrogen and oxygen atoms in total. The minimum Gasteiger partial charge on any atom is -0.507 e. The molecule has 0 fully saturated rings. The zero-order valence-electron chi connectivity index (χ0n) is 13.2. The van der Waals surface area contributed by atoms with E-state index in [1.54, 1.807) is 24.4 Å². The van der Waals surface area contributed by atoms with Gasteiger partial charge in [0.05, 0.1) is 5.69 Å². The first-order valence-corrected chi connectivity index (χ1v) is 8.38. The van der Waals surface area contributed by atoms with E-state index in [2.05, 4.69) is 26.1 Å². The van der Waals surface area contributed by atoms with Crippen LogP contribution in [0.2, 0.25) is 0 Å². The van der Waals surface area contributed by atoms with E-state index in [-0.39, 0.29) is 5.75 Å². The lowest BCUT2D eigenvalue weighted by molar-refractivity contribution is 0.319. The summed E-state index contributed by atoms with van der Waals surface area (Å²) in [5, 5.41) is 22.9. The molecular formula is C20H15BrN2O2. The molecule has 0 aliphatic heterocycles. The topological polar surface area (TPSA) is 65.2 Å². The molecule has 3 aromatic rings. The fourth-order valence-electron chi connectivity index (χ4n) is 2.42. The Morgan fingerprint density at radius 3 is 2.40 bits per heavy atom. The predicted octanol–water partition coefficient (Wildman–Crippen LogP) is 5.13. The number of benzene rings is 3. The summed E-state index contributed by atoms with van der Waals surface area (Å²) in [5.41, 5.74) is 3.15. The summed E-state index contributed by atoms with van der Waals surface area (Å²) in [6.45, 7) is 0. The number of para-hydroxylation sites is 1. The molecule has 0 saturated heterocycles. The fourth-order valence-corrected chi connectivity index (χ4v) is 2.80. The average Bonchev–Trinajstić information content (AvgIpc) is 2.65. The minimum atomic E-state index is 0.142. The van der Waals surface area contributed by atoms with Gasteiger partial charge in [0.2, 0.25) is 0 Å². The fraction of sp³-hybridized carbons (Fsp3) is 0. The van der Waals surface area contributed by atoms with Gasteiger partial charge in [-0.25, -0.2) is 0 Å². The molecule has 3 aromatic carbocycles. The van der Waals surface area contributed by atoms with E-state index >= 15 is 0 Å². The maximum Gasteiger partial charge on any atom is 0.124 e. The highest BCUT2D eigenvalue weighted by Gasteiger charge is 2.11. The molecule has 0 spiro atoms. The Balaban J connectivity index is 2.02. The quantitative estimate of drug-likeness (QED) is 0.365. The van der Waals surface area contributed by atoms with Gasteiger partial charge in [-0.05, 0) is 24.3 Å². The average molecular weight is 395 g/mol. The van der Waals surface area contributed by atoms with Crippen LogP contribution in [0.15, 0.2) is 87.4 Å². The molecule has 0 heterocycles. The van der Waals surface area contributed by atoms with Crippen molar-refractivity contribution in [1.82, 2.24) is 0 Å². The zero-order chi connectivity index (χ0) is 17.6. The van der Waals surface area contributed by atoms with E-state index < -0.39 is 0 Å². The first-order valence-electron chi connectivity index (χ1n) is 7.58. The van der Waals surface area contributed by atoms with Crippen molar-refractivity contribution in [2.75, 3.05) is 0 Å². The van der Waals surface area contributed by atoms with Crippen LogP contribution < -0.4 is 0 Å². The number of hydrogen-bond donors (Lipinski definition) is 2. The van der Waals surface area contributed by atoms with Crippen molar-refractivity contribution in [1.29, 1.82) is 0 Å². The molecule has 0 aromatic heterocycles. The summed E-state index contributed by atoms with van der Waals surface area (Å²) in [6.07, 6.45) is 1.58. The maximum absolute atomic E-state index is 9.94. The standard InChI is InChI=1S/C20H15BrN2O2/c21-16-10-11-19(24)15(12-16)13-22-18-9-5-4-8-17(18)20(23-25)14-6-2-1-3-7-14/h1-13,24-25H. The maximum atomic E-state index is 9.94. The van der Waals surface area contributed by atoms with Gasteiger partial charge in [-0.2, -0.15) is 0 Å². The first kappa shape index (κ1) is 16.9. The molecule has 0 atom stereocenters. The highest BCUT2D eigenvalue weighted by atomic mass is 79.9. The molecule has 124 valence electrons. The second kappa shape index (κ2) is 7.77. The van der Waals surface area contributed by atoms with E-state index in [0.29, 0.717) is 22.5 Å². The van der Waals surface area contributed by atoms with Gasteiger partial charge < -0.3 is 10.3 Å². The molecule has 2 N–H and O–H groups in total. The smallest absolute Gasteiger partial charge is 0.124 e. The van der Waals surface area contributed by atoms with Crippen LogP contribution in [-0.2, 0) is 0 Å². The van der Waals surface area contributed by atoms with E-state index in [4.69, 9.17) is 0 Å². The van der Waals surface area contributed by atoms with Crippen LogP contribution in [0, 0.1) is 0 Å². The highest BCUT2D eigenvalue weighted by molar-refractivity contribution is 9.10. The van der Waals surface area contributed by atoms with Gasteiger partial charge in [-0.1, -0.05) is 69.6 Å². The molecule has 0 radical (unpaired) electrons. The van der Waals surface area contributed by atoms with E-state index in [1.807, 2.05) is 54.6 Å². The Bertz CT molecular complexity index is 937. The van der Waals surface area contributed by atoms with Crippen LogP contribution in [0.25, 0.3) is 0 Å². The third-order valence-corrected chi connectivity index (χ3v) is 4.13. The van der Waals surface area contributed by atoms with Crippen molar-refractivity contribution < 1.29 is 10.3 Å². The van der Waals surface area contributed by atoms with Gasteiger partial charge >= 0.3 is 0 Å². The van der Waals surface area contributed by atoms with Crippen molar-refractivity contribution >= 4 is 33.5 Å². The lowest BCUT2D eigenvalue weighted by atomic mass is 10.0.